The second kappa shape index (κ2) is 14.1. The molecule has 1 aromatic heterocycles. The third-order valence-electron chi connectivity index (χ3n) is 4.04. The molecule has 142 valence electrons. The van der Waals surface area contributed by atoms with Crippen LogP contribution in [0.4, 0.5) is 0 Å². The molecule has 0 saturated heterocycles. The number of hydrogen-bond acceptors (Lipinski definition) is 4. The lowest BCUT2D eigenvalue weighted by atomic mass is 9.98. The molecule has 7 heteroatoms. The summed E-state index contributed by atoms with van der Waals surface area (Å²) >= 11 is 0. The smallest absolute Gasteiger partial charge is 0.191 e. The first-order valence-corrected chi connectivity index (χ1v) is 8.97. The molecule has 6 nitrogen and oxygen atoms in total. The Labute approximate surface area is 168 Å². The molecule has 0 spiro atoms. The topological polar surface area (TPSA) is 67.8 Å². The van der Waals surface area contributed by atoms with Crippen molar-refractivity contribution in [3.05, 3.63) is 24.5 Å². The van der Waals surface area contributed by atoms with Gasteiger partial charge in [-0.05, 0) is 31.4 Å². The Balaban J connectivity index is 0.00000312. The number of rotatable bonds is 9. The average Bonchev–Trinajstić information content (AvgIpc) is 2.65. The summed E-state index contributed by atoms with van der Waals surface area (Å²) in [6.07, 6.45) is 11.4. The van der Waals surface area contributed by atoms with Crippen LogP contribution in [0.25, 0.3) is 0 Å². The summed E-state index contributed by atoms with van der Waals surface area (Å²) in [5.74, 6) is 1.57. The van der Waals surface area contributed by atoms with Crippen molar-refractivity contribution in [1.82, 2.24) is 15.6 Å². The molecule has 0 atom stereocenters. The van der Waals surface area contributed by atoms with Gasteiger partial charge in [0.05, 0.1) is 18.8 Å². The number of ether oxygens (including phenoxy) is 2. The Bertz CT molecular complexity index is 467. The van der Waals surface area contributed by atoms with E-state index in [1.807, 2.05) is 12.1 Å². The van der Waals surface area contributed by atoms with E-state index in [0.717, 1.165) is 31.3 Å². The highest BCUT2D eigenvalue weighted by atomic mass is 127. The number of aromatic nitrogens is 1. The first-order valence-electron chi connectivity index (χ1n) is 8.97. The number of pyridine rings is 1. The van der Waals surface area contributed by atoms with Gasteiger partial charge in [-0.1, -0.05) is 19.3 Å². The second-order valence-corrected chi connectivity index (χ2v) is 5.95. The summed E-state index contributed by atoms with van der Waals surface area (Å²) in [7, 11) is 1.77. The highest BCUT2D eigenvalue weighted by Crippen LogP contribution is 2.20. The van der Waals surface area contributed by atoms with Crippen LogP contribution in [-0.2, 0) is 4.74 Å². The van der Waals surface area contributed by atoms with Crippen molar-refractivity contribution in [2.75, 3.05) is 33.4 Å². The largest absolute Gasteiger partial charge is 0.490 e. The Hall–Kier alpha value is -1.09. The van der Waals surface area contributed by atoms with E-state index in [-0.39, 0.29) is 24.0 Å². The summed E-state index contributed by atoms with van der Waals surface area (Å²) in [6, 6.07) is 3.75. The molecule has 0 radical (unpaired) electrons. The van der Waals surface area contributed by atoms with Crippen LogP contribution in [0.1, 0.15) is 38.5 Å². The fraction of sp³-hybridized carbons (Fsp3) is 0.667. The Morgan fingerprint density at radius 3 is 2.72 bits per heavy atom. The van der Waals surface area contributed by atoms with Crippen molar-refractivity contribution in [3.63, 3.8) is 0 Å². The lowest BCUT2D eigenvalue weighted by Gasteiger charge is -2.22. The maximum atomic E-state index is 5.92. The van der Waals surface area contributed by atoms with Crippen molar-refractivity contribution in [3.8, 4) is 5.75 Å². The number of nitrogens with zero attached hydrogens (tertiary/aromatic N) is 2. The fourth-order valence-corrected chi connectivity index (χ4v) is 2.75. The van der Waals surface area contributed by atoms with Gasteiger partial charge in [-0.2, -0.15) is 0 Å². The van der Waals surface area contributed by atoms with Gasteiger partial charge in [0.2, 0.25) is 0 Å². The van der Waals surface area contributed by atoms with Gasteiger partial charge in [0.25, 0.3) is 0 Å². The Kier molecular flexibility index (Phi) is 12.4. The monoisotopic (exact) mass is 462 g/mol. The average molecular weight is 462 g/mol. The molecule has 0 unspecified atom stereocenters. The summed E-state index contributed by atoms with van der Waals surface area (Å²) in [4.78, 5) is 8.22. The van der Waals surface area contributed by atoms with E-state index in [1.54, 1.807) is 19.4 Å². The van der Waals surface area contributed by atoms with Gasteiger partial charge in [-0.15, -0.1) is 24.0 Å². The number of nitrogens with one attached hydrogen (secondary N) is 2. The molecule has 0 bridgehead atoms. The Morgan fingerprint density at radius 1 is 1.20 bits per heavy atom. The highest BCUT2D eigenvalue weighted by molar-refractivity contribution is 14.0. The molecule has 0 amide bonds. The molecule has 1 aromatic rings. The zero-order valence-electron chi connectivity index (χ0n) is 15.1. The van der Waals surface area contributed by atoms with Crippen molar-refractivity contribution in [2.45, 2.75) is 44.6 Å². The summed E-state index contributed by atoms with van der Waals surface area (Å²) in [5, 5.41) is 6.53. The molecular weight excluding hydrogens is 431 g/mol. The third-order valence-corrected chi connectivity index (χ3v) is 4.04. The van der Waals surface area contributed by atoms with Gasteiger partial charge in [-0.3, -0.25) is 9.98 Å². The van der Waals surface area contributed by atoms with Gasteiger partial charge in [0.1, 0.15) is 12.4 Å². The van der Waals surface area contributed by atoms with E-state index < -0.39 is 0 Å². The lowest BCUT2D eigenvalue weighted by Crippen LogP contribution is -2.40. The molecule has 1 aliphatic rings. The van der Waals surface area contributed by atoms with Crippen LogP contribution in [0.3, 0.4) is 0 Å². The summed E-state index contributed by atoms with van der Waals surface area (Å²) in [6.45, 7) is 2.93. The molecule has 2 N–H and O–H groups in total. The lowest BCUT2D eigenvalue weighted by molar-refractivity contribution is 0.0277. The van der Waals surface area contributed by atoms with E-state index in [9.17, 15) is 0 Å². The maximum absolute atomic E-state index is 5.92. The fourth-order valence-electron chi connectivity index (χ4n) is 2.75. The molecule has 0 aliphatic heterocycles. The zero-order valence-corrected chi connectivity index (χ0v) is 17.4. The molecule has 1 saturated carbocycles. The van der Waals surface area contributed by atoms with Crippen LogP contribution >= 0.6 is 24.0 Å². The van der Waals surface area contributed by atoms with Crippen LogP contribution in [0.15, 0.2) is 29.5 Å². The first kappa shape index (κ1) is 22.0. The quantitative estimate of drug-likeness (QED) is 0.256. The van der Waals surface area contributed by atoms with Gasteiger partial charge >= 0.3 is 0 Å². The number of guanidine groups is 1. The van der Waals surface area contributed by atoms with Crippen LogP contribution in [0, 0.1) is 0 Å². The molecule has 1 heterocycles. The highest BCUT2D eigenvalue weighted by Gasteiger charge is 2.12. The van der Waals surface area contributed by atoms with Crippen molar-refractivity contribution in [1.29, 1.82) is 0 Å². The number of aliphatic imine (C=N–C) groups is 1. The second-order valence-electron chi connectivity index (χ2n) is 5.95. The molecule has 25 heavy (non-hydrogen) atoms. The van der Waals surface area contributed by atoms with Crippen molar-refractivity contribution < 1.29 is 9.47 Å². The molecular formula is C18H31IN4O2. The first-order chi connectivity index (χ1) is 11.9. The SMILES string of the molecule is CN=C(NCCCOC1CCCCC1)NCCOc1cccnc1.I. The van der Waals surface area contributed by atoms with Gasteiger partial charge < -0.3 is 20.1 Å². The number of hydrogen-bond donors (Lipinski definition) is 2. The van der Waals surface area contributed by atoms with E-state index in [2.05, 4.69) is 20.6 Å². The minimum Gasteiger partial charge on any atom is -0.490 e. The van der Waals surface area contributed by atoms with E-state index in [4.69, 9.17) is 9.47 Å². The third kappa shape index (κ3) is 9.84. The summed E-state index contributed by atoms with van der Waals surface area (Å²) in [5.41, 5.74) is 0. The predicted octanol–water partition coefficient (Wildman–Crippen LogP) is 2.98. The minimum atomic E-state index is 0. The Morgan fingerprint density at radius 2 is 2.00 bits per heavy atom. The molecule has 0 aromatic carbocycles. The van der Waals surface area contributed by atoms with E-state index >= 15 is 0 Å². The van der Waals surface area contributed by atoms with E-state index in [0.29, 0.717) is 19.3 Å². The summed E-state index contributed by atoms with van der Waals surface area (Å²) < 4.78 is 11.5. The van der Waals surface area contributed by atoms with Crippen LogP contribution in [0.2, 0.25) is 0 Å². The predicted molar refractivity (Wildman–Crippen MR) is 112 cm³/mol. The van der Waals surface area contributed by atoms with Gasteiger partial charge in [0.15, 0.2) is 5.96 Å². The van der Waals surface area contributed by atoms with Crippen LogP contribution in [-0.4, -0.2) is 50.4 Å². The van der Waals surface area contributed by atoms with Crippen LogP contribution in [0.5, 0.6) is 5.75 Å². The van der Waals surface area contributed by atoms with E-state index in [1.165, 1.54) is 32.1 Å². The molecule has 1 aliphatic carbocycles. The number of halogens is 1. The van der Waals surface area contributed by atoms with Crippen LogP contribution < -0.4 is 15.4 Å². The van der Waals surface area contributed by atoms with Crippen molar-refractivity contribution in [2.24, 2.45) is 4.99 Å². The molecule has 1 fully saturated rings. The minimum absolute atomic E-state index is 0. The standard InChI is InChI=1S/C18H30N4O2.HI/c1-19-18(22-12-14-24-17-9-5-10-20-15-17)21-11-6-13-23-16-7-3-2-4-8-16;/h5,9-10,15-16H,2-4,6-8,11-14H2,1H3,(H2,19,21,22);1H. The molecule has 2 rings (SSSR count). The van der Waals surface area contributed by atoms with Crippen molar-refractivity contribution >= 4 is 29.9 Å². The maximum Gasteiger partial charge on any atom is 0.191 e. The zero-order chi connectivity index (χ0) is 16.9. The normalized spacial score (nSPS) is 15.3. The van der Waals surface area contributed by atoms with Gasteiger partial charge in [0, 0.05) is 26.4 Å². The van der Waals surface area contributed by atoms with Gasteiger partial charge in [-0.25, -0.2) is 0 Å².